The van der Waals surface area contributed by atoms with Gasteiger partial charge in [-0.25, -0.2) is 4.98 Å². The Hall–Kier alpha value is -1.39. The highest BCUT2D eigenvalue weighted by molar-refractivity contribution is 5.91. The largest absolute Gasteiger partial charge is 0.330 e. The van der Waals surface area contributed by atoms with E-state index < -0.39 is 0 Å². The lowest BCUT2D eigenvalue weighted by Crippen LogP contribution is -2.40. The van der Waals surface area contributed by atoms with E-state index in [1.165, 1.54) is 0 Å². The van der Waals surface area contributed by atoms with Crippen molar-refractivity contribution in [2.75, 3.05) is 0 Å². The van der Waals surface area contributed by atoms with Crippen LogP contribution in [0.2, 0.25) is 0 Å². The highest BCUT2D eigenvalue weighted by atomic mass is 16.2. The second-order valence-electron chi connectivity index (χ2n) is 6.46. The third kappa shape index (κ3) is 2.65. The van der Waals surface area contributed by atoms with Crippen molar-refractivity contribution in [3.63, 3.8) is 0 Å². The molecule has 106 valence electrons. The molecule has 5 nitrogen and oxygen atoms in total. The summed E-state index contributed by atoms with van der Waals surface area (Å²) in [5.41, 5.74) is -0.119. The number of rotatable bonds is 2. The molecule has 1 aromatic rings. The zero-order chi connectivity index (χ0) is 14.2. The summed E-state index contributed by atoms with van der Waals surface area (Å²) in [6.07, 6.45) is 3.15. The van der Waals surface area contributed by atoms with Gasteiger partial charge in [0.2, 0.25) is 5.82 Å². The smallest absolute Gasteiger partial charge is 0.294 e. The summed E-state index contributed by atoms with van der Waals surface area (Å²) in [6, 6.07) is 0.619. The molecule has 1 fully saturated rings. The number of likely N-dealkylation sites (tertiary alicyclic amines) is 1. The molecule has 19 heavy (non-hydrogen) atoms. The molecule has 0 saturated carbocycles. The van der Waals surface area contributed by atoms with Crippen LogP contribution in [0.5, 0.6) is 0 Å². The second kappa shape index (κ2) is 4.94. The van der Waals surface area contributed by atoms with Gasteiger partial charge in [-0.05, 0) is 26.2 Å². The minimum atomic E-state index is -0.119. The molecule has 0 aromatic carbocycles. The van der Waals surface area contributed by atoms with Gasteiger partial charge in [-0.1, -0.05) is 27.7 Å². The molecule has 2 rings (SSSR count). The number of hydrogen-bond donors (Lipinski definition) is 1. The second-order valence-corrected chi connectivity index (χ2v) is 6.46. The lowest BCUT2D eigenvalue weighted by Gasteiger charge is -2.26. The van der Waals surface area contributed by atoms with E-state index in [-0.39, 0.29) is 17.4 Å². The SMILES string of the molecule is CCC1CCC(C)N1C(=O)c1n[nH]c(C(C)(C)C)n1. The molecule has 1 aliphatic rings. The van der Waals surface area contributed by atoms with Gasteiger partial charge in [0.05, 0.1) is 0 Å². The normalized spacial score (nSPS) is 23.9. The summed E-state index contributed by atoms with van der Waals surface area (Å²) in [5, 5.41) is 6.99. The average molecular weight is 264 g/mol. The topological polar surface area (TPSA) is 61.9 Å². The lowest BCUT2D eigenvalue weighted by atomic mass is 9.96. The number of nitrogens with one attached hydrogen (secondary N) is 1. The van der Waals surface area contributed by atoms with E-state index in [1.807, 2.05) is 4.90 Å². The molecule has 0 radical (unpaired) electrons. The van der Waals surface area contributed by atoms with Gasteiger partial charge in [0.1, 0.15) is 5.82 Å². The van der Waals surface area contributed by atoms with Gasteiger partial charge in [-0.2, -0.15) is 0 Å². The van der Waals surface area contributed by atoms with Gasteiger partial charge >= 0.3 is 0 Å². The summed E-state index contributed by atoms with van der Waals surface area (Å²) in [7, 11) is 0. The number of aromatic amines is 1. The lowest BCUT2D eigenvalue weighted by molar-refractivity contribution is 0.0664. The number of carbonyl (C=O) groups is 1. The molecule has 1 aliphatic heterocycles. The standard InChI is InChI=1S/C14H24N4O/c1-6-10-8-7-9(2)18(10)12(19)11-15-13(17-16-11)14(3,4)5/h9-10H,6-8H2,1-5H3,(H,15,16,17). The van der Waals surface area contributed by atoms with Crippen molar-refractivity contribution >= 4 is 5.91 Å². The molecule has 1 amide bonds. The first kappa shape index (κ1) is 14.0. The van der Waals surface area contributed by atoms with Crippen LogP contribution in [-0.2, 0) is 5.41 Å². The van der Waals surface area contributed by atoms with Gasteiger partial charge in [0.25, 0.3) is 5.91 Å². The van der Waals surface area contributed by atoms with Crippen molar-refractivity contribution in [2.24, 2.45) is 0 Å². The molecule has 0 aliphatic carbocycles. The van der Waals surface area contributed by atoms with Crippen LogP contribution < -0.4 is 0 Å². The first-order valence-electron chi connectivity index (χ1n) is 7.10. The van der Waals surface area contributed by atoms with E-state index in [1.54, 1.807) is 0 Å². The summed E-state index contributed by atoms with van der Waals surface area (Å²) < 4.78 is 0. The van der Waals surface area contributed by atoms with Crippen molar-refractivity contribution < 1.29 is 4.79 Å². The zero-order valence-corrected chi connectivity index (χ0v) is 12.5. The van der Waals surface area contributed by atoms with E-state index in [0.717, 1.165) is 25.1 Å². The Balaban J connectivity index is 2.22. The maximum atomic E-state index is 12.5. The number of hydrogen-bond acceptors (Lipinski definition) is 3. The van der Waals surface area contributed by atoms with Crippen LogP contribution in [0, 0.1) is 0 Å². The predicted octanol–water partition coefficient (Wildman–Crippen LogP) is 2.51. The van der Waals surface area contributed by atoms with Crippen LogP contribution in [0.15, 0.2) is 0 Å². The van der Waals surface area contributed by atoms with E-state index in [2.05, 4.69) is 49.8 Å². The van der Waals surface area contributed by atoms with Crippen molar-refractivity contribution in [3.8, 4) is 0 Å². The Morgan fingerprint density at radius 3 is 2.63 bits per heavy atom. The van der Waals surface area contributed by atoms with Crippen LogP contribution >= 0.6 is 0 Å². The van der Waals surface area contributed by atoms with Gasteiger partial charge in [-0.15, -0.1) is 5.10 Å². The molecule has 5 heteroatoms. The number of H-pyrrole nitrogens is 1. The van der Waals surface area contributed by atoms with E-state index in [0.29, 0.717) is 11.9 Å². The van der Waals surface area contributed by atoms with Gasteiger partial charge < -0.3 is 4.90 Å². The Labute approximate surface area is 114 Å². The molecular weight excluding hydrogens is 240 g/mol. The van der Waals surface area contributed by atoms with Crippen molar-refractivity contribution in [1.29, 1.82) is 0 Å². The molecular formula is C14H24N4O. The molecule has 0 spiro atoms. The van der Waals surface area contributed by atoms with Crippen LogP contribution in [0.3, 0.4) is 0 Å². The van der Waals surface area contributed by atoms with Gasteiger partial charge in [0.15, 0.2) is 0 Å². The summed E-state index contributed by atoms with van der Waals surface area (Å²) >= 11 is 0. The van der Waals surface area contributed by atoms with Crippen LogP contribution in [0.1, 0.15) is 70.3 Å². The quantitative estimate of drug-likeness (QED) is 0.892. The number of carbonyl (C=O) groups excluding carboxylic acids is 1. The average Bonchev–Trinajstić information content (AvgIpc) is 2.93. The van der Waals surface area contributed by atoms with Crippen LogP contribution in [0.25, 0.3) is 0 Å². The molecule has 2 unspecified atom stereocenters. The Bertz CT molecular complexity index is 460. The first-order valence-corrected chi connectivity index (χ1v) is 7.10. The fourth-order valence-corrected chi connectivity index (χ4v) is 2.65. The van der Waals surface area contributed by atoms with E-state index in [4.69, 9.17) is 0 Å². The molecule has 0 bridgehead atoms. The fourth-order valence-electron chi connectivity index (χ4n) is 2.65. The number of nitrogens with zero attached hydrogens (tertiary/aromatic N) is 3. The van der Waals surface area contributed by atoms with Crippen molar-refractivity contribution in [3.05, 3.63) is 11.6 Å². The Morgan fingerprint density at radius 2 is 2.11 bits per heavy atom. The molecule has 2 heterocycles. The number of amides is 1. The predicted molar refractivity (Wildman–Crippen MR) is 74.0 cm³/mol. The van der Waals surface area contributed by atoms with Crippen LogP contribution in [-0.4, -0.2) is 38.1 Å². The Kier molecular flexibility index (Phi) is 3.65. The van der Waals surface area contributed by atoms with E-state index in [9.17, 15) is 4.79 Å². The van der Waals surface area contributed by atoms with Gasteiger partial charge in [0, 0.05) is 17.5 Å². The maximum Gasteiger partial charge on any atom is 0.294 e. The molecule has 1 saturated heterocycles. The summed E-state index contributed by atoms with van der Waals surface area (Å²) in [5.74, 6) is 1.02. The van der Waals surface area contributed by atoms with Crippen molar-refractivity contribution in [1.82, 2.24) is 20.1 Å². The Morgan fingerprint density at radius 1 is 1.42 bits per heavy atom. The molecule has 1 aromatic heterocycles. The zero-order valence-electron chi connectivity index (χ0n) is 12.5. The molecule has 1 N–H and O–H groups in total. The number of aromatic nitrogens is 3. The highest BCUT2D eigenvalue weighted by Gasteiger charge is 2.35. The summed E-state index contributed by atoms with van der Waals surface area (Å²) in [6.45, 7) is 10.4. The fraction of sp³-hybridized carbons (Fsp3) is 0.786. The first-order chi connectivity index (χ1) is 8.84. The van der Waals surface area contributed by atoms with Crippen molar-refractivity contribution in [2.45, 2.75) is 71.4 Å². The third-order valence-corrected chi connectivity index (χ3v) is 3.88. The minimum absolute atomic E-state index is 0.0383. The minimum Gasteiger partial charge on any atom is -0.330 e. The third-order valence-electron chi connectivity index (χ3n) is 3.88. The molecule has 2 atom stereocenters. The van der Waals surface area contributed by atoms with Gasteiger partial charge in [-0.3, -0.25) is 9.89 Å². The van der Waals surface area contributed by atoms with Crippen LogP contribution in [0.4, 0.5) is 0 Å². The van der Waals surface area contributed by atoms with E-state index >= 15 is 0 Å². The maximum absolute atomic E-state index is 12.5. The highest BCUT2D eigenvalue weighted by Crippen LogP contribution is 2.27. The summed E-state index contributed by atoms with van der Waals surface area (Å²) in [4.78, 5) is 18.9. The monoisotopic (exact) mass is 264 g/mol.